The number of nitrogens with one attached hydrogen (secondary N) is 1. The van der Waals surface area contributed by atoms with Gasteiger partial charge in [0.25, 0.3) is 0 Å². The van der Waals surface area contributed by atoms with Gasteiger partial charge in [0, 0.05) is 6.42 Å². The molecular formula is C14H18N2S. The zero-order chi connectivity index (χ0) is 11.5. The van der Waals surface area contributed by atoms with Crippen LogP contribution in [0.1, 0.15) is 24.3 Å². The average Bonchev–Trinajstić information content (AvgIpc) is 2.57. The molecular weight excluding hydrogens is 228 g/mol. The summed E-state index contributed by atoms with van der Waals surface area (Å²) in [5.74, 6) is 0.776. The first-order valence-corrected chi connectivity index (χ1v) is 7.28. The Morgan fingerprint density at radius 2 is 2.24 bits per heavy atom. The van der Waals surface area contributed by atoms with Gasteiger partial charge < -0.3 is 5.32 Å². The molecule has 1 aromatic heterocycles. The molecule has 0 aliphatic carbocycles. The number of nitrogens with zero attached hydrogens (tertiary/aromatic N) is 1. The second-order valence-electron chi connectivity index (χ2n) is 4.85. The second kappa shape index (κ2) is 5.15. The van der Waals surface area contributed by atoms with E-state index in [1.165, 1.54) is 35.5 Å². The Kier molecular flexibility index (Phi) is 3.39. The van der Waals surface area contributed by atoms with Crippen LogP contribution in [-0.2, 0) is 6.42 Å². The van der Waals surface area contributed by atoms with Gasteiger partial charge in [-0.15, -0.1) is 11.3 Å². The summed E-state index contributed by atoms with van der Waals surface area (Å²) >= 11 is 1.86. The lowest BCUT2D eigenvalue weighted by Gasteiger charge is -2.11. The van der Waals surface area contributed by atoms with Gasteiger partial charge in [0.2, 0.25) is 0 Å². The van der Waals surface area contributed by atoms with E-state index in [4.69, 9.17) is 4.98 Å². The van der Waals surface area contributed by atoms with Crippen LogP contribution in [0.25, 0.3) is 10.2 Å². The zero-order valence-corrected chi connectivity index (χ0v) is 10.8. The Balaban J connectivity index is 1.75. The van der Waals surface area contributed by atoms with E-state index in [1.54, 1.807) is 0 Å². The summed E-state index contributed by atoms with van der Waals surface area (Å²) in [6.07, 6.45) is 5.19. The average molecular weight is 246 g/mol. The second-order valence-corrected chi connectivity index (χ2v) is 5.96. The minimum atomic E-state index is 0.776. The van der Waals surface area contributed by atoms with Crippen molar-refractivity contribution in [3.05, 3.63) is 29.3 Å². The lowest BCUT2D eigenvalue weighted by Crippen LogP contribution is -2.21. The first-order chi connectivity index (χ1) is 8.42. The van der Waals surface area contributed by atoms with Crippen molar-refractivity contribution >= 4 is 21.6 Å². The molecule has 2 aromatic rings. The molecule has 3 rings (SSSR count). The lowest BCUT2D eigenvalue weighted by atomic mass is 10.0. The first kappa shape index (κ1) is 11.2. The van der Waals surface area contributed by atoms with Crippen molar-refractivity contribution in [1.82, 2.24) is 10.3 Å². The number of hydrogen-bond acceptors (Lipinski definition) is 3. The minimum absolute atomic E-state index is 0.776. The molecule has 1 atom stereocenters. The summed E-state index contributed by atoms with van der Waals surface area (Å²) in [6.45, 7) is 2.35. The van der Waals surface area contributed by atoms with Gasteiger partial charge in [0.05, 0.1) is 15.2 Å². The molecule has 0 radical (unpaired) electrons. The van der Waals surface area contributed by atoms with E-state index < -0.39 is 0 Å². The molecule has 1 unspecified atom stereocenters. The predicted molar refractivity (Wildman–Crippen MR) is 73.5 cm³/mol. The third-order valence-electron chi connectivity index (χ3n) is 3.45. The topological polar surface area (TPSA) is 24.9 Å². The maximum Gasteiger partial charge on any atom is 0.0941 e. The van der Waals surface area contributed by atoms with Crippen LogP contribution in [0.15, 0.2) is 24.3 Å². The first-order valence-electron chi connectivity index (χ1n) is 6.47. The highest BCUT2D eigenvalue weighted by molar-refractivity contribution is 7.18. The molecule has 0 amide bonds. The molecule has 1 saturated heterocycles. The van der Waals surface area contributed by atoms with Crippen LogP contribution in [0, 0.1) is 5.92 Å². The fourth-order valence-corrected chi connectivity index (χ4v) is 3.60. The van der Waals surface area contributed by atoms with E-state index in [2.05, 4.69) is 29.6 Å². The van der Waals surface area contributed by atoms with Gasteiger partial charge in [0.15, 0.2) is 0 Å². The van der Waals surface area contributed by atoms with E-state index in [-0.39, 0.29) is 0 Å². The lowest BCUT2D eigenvalue weighted by molar-refractivity contribution is 0.477. The van der Waals surface area contributed by atoms with E-state index >= 15 is 0 Å². The number of aromatic nitrogens is 1. The van der Waals surface area contributed by atoms with Crippen molar-refractivity contribution in [3.8, 4) is 0 Å². The van der Waals surface area contributed by atoms with E-state index in [0.717, 1.165) is 24.4 Å². The standard InChI is InChI=1S/C14H18N2S/c1-2-7-13-12(6-1)16-14(17-13)9-11-5-3-4-8-15-10-11/h1-2,6-7,11,15H,3-5,8-10H2. The molecule has 0 saturated carbocycles. The zero-order valence-electron chi connectivity index (χ0n) is 9.98. The van der Waals surface area contributed by atoms with Crippen molar-refractivity contribution in [2.75, 3.05) is 13.1 Å². The Labute approximate surface area is 106 Å². The van der Waals surface area contributed by atoms with Crippen LogP contribution in [0.4, 0.5) is 0 Å². The van der Waals surface area contributed by atoms with Crippen LogP contribution in [-0.4, -0.2) is 18.1 Å². The van der Waals surface area contributed by atoms with Crippen molar-refractivity contribution in [1.29, 1.82) is 0 Å². The van der Waals surface area contributed by atoms with Gasteiger partial charge in [-0.1, -0.05) is 18.6 Å². The third-order valence-corrected chi connectivity index (χ3v) is 4.51. The van der Waals surface area contributed by atoms with Crippen LogP contribution >= 0.6 is 11.3 Å². The number of thiazole rings is 1. The molecule has 3 heteroatoms. The molecule has 2 heterocycles. The van der Waals surface area contributed by atoms with Crippen molar-refractivity contribution in [2.24, 2.45) is 5.92 Å². The molecule has 17 heavy (non-hydrogen) atoms. The quantitative estimate of drug-likeness (QED) is 0.880. The van der Waals surface area contributed by atoms with Gasteiger partial charge in [-0.25, -0.2) is 4.98 Å². The maximum atomic E-state index is 4.73. The molecule has 1 aromatic carbocycles. The Bertz CT molecular complexity index is 451. The molecule has 2 nitrogen and oxygen atoms in total. The number of fused-ring (bicyclic) bond motifs is 1. The van der Waals surface area contributed by atoms with Crippen molar-refractivity contribution < 1.29 is 0 Å². The smallest absolute Gasteiger partial charge is 0.0941 e. The summed E-state index contributed by atoms with van der Waals surface area (Å²) < 4.78 is 1.32. The van der Waals surface area contributed by atoms with Gasteiger partial charge in [-0.05, 0) is 44.0 Å². The molecule has 1 N–H and O–H groups in total. The maximum absolute atomic E-state index is 4.73. The summed E-state index contributed by atoms with van der Waals surface area (Å²) in [6, 6.07) is 8.44. The third kappa shape index (κ3) is 2.67. The van der Waals surface area contributed by atoms with Crippen molar-refractivity contribution in [3.63, 3.8) is 0 Å². The highest BCUT2D eigenvalue weighted by atomic mass is 32.1. The summed E-state index contributed by atoms with van der Waals surface area (Å²) in [4.78, 5) is 4.73. The summed E-state index contributed by atoms with van der Waals surface area (Å²) in [5.41, 5.74) is 1.16. The number of rotatable bonds is 2. The minimum Gasteiger partial charge on any atom is -0.316 e. The van der Waals surface area contributed by atoms with Crippen LogP contribution < -0.4 is 5.32 Å². The molecule has 1 aliphatic heterocycles. The molecule has 0 bridgehead atoms. The van der Waals surface area contributed by atoms with Crippen LogP contribution in [0.3, 0.4) is 0 Å². The van der Waals surface area contributed by atoms with Gasteiger partial charge >= 0.3 is 0 Å². The molecule has 1 aliphatic rings. The van der Waals surface area contributed by atoms with E-state index in [9.17, 15) is 0 Å². The largest absolute Gasteiger partial charge is 0.316 e. The SMILES string of the molecule is c1ccc2sc(CC3CCCCNC3)nc2c1. The number of hydrogen-bond donors (Lipinski definition) is 1. The monoisotopic (exact) mass is 246 g/mol. The van der Waals surface area contributed by atoms with Crippen LogP contribution in [0.2, 0.25) is 0 Å². The number of benzene rings is 1. The summed E-state index contributed by atoms with van der Waals surface area (Å²) in [7, 11) is 0. The fourth-order valence-electron chi connectivity index (χ4n) is 2.52. The normalized spacial score (nSPS) is 21.5. The highest BCUT2D eigenvalue weighted by Crippen LogP contribution is 2.25. The van der Waals surface area contributed by atoms with E-state index in [0.29, 0.717) is 0 Å². The Morgan fingerprint density at radius 1 is 1.29 bits per heavy atom. The van der Waals surface area contributed by atoms with Crippen LogP contribution in [0.5, 0.6) is 0 Å². The Hall–Kier alpha value is -0.930. The Morgan fingerprint density at radius 3 is 3.18 bits per heavy atom. The van der Waals surface area contributed by atoms with Crippen molar-refractivity contribution in [2.45, 2.75) is 25.7 Å². The van der Waals surface area contributed by atoms with E-state index in [1.807, 2.05) is 11.3 Å². The molecule has 1 fully saturated rings. The molecule has 0 spiro atoms. The predicted octanol–water partition coefficient (Wildman–Crippen LogP) is 3.23. The highest BCUT2D eigenvalue weighted by Gasteiger charge is 2.14. The van der Waals surface area contributed by atoms with Gasteiger partial charge in [-0.2, -0.15) is 0 Å². The van der Waals surface area contributed by atoms with Gasteiger partial charge in [0.1, 0.15) is 0 Å². The molecule has 90 valence electrons. The summed E-state index contributed by atoms with van der Waals surface area (Å²) in [5, 5.41) is 4.83. The van der Waals surface area contributed by atoms with Gasteiger partial charge in [-0.3, -0.25) is 0 Å². The fraction of sp³-hybridized carbons (Fsp3) is 0.500. The number of para-hydroxylation sites is 1.